The maximum absolute atomic E-state index is 12.8. The molecule has 0 amide bonds. The fourth-order valence-corrected chi connectivity index (χ4v) is 3.39. The number of ketones is 1. The van der Waals surface area contributed by atoms with E-state index in [1.807, 2.05) is 19.1 Å². The average Bonchev–Trinajstić information content (AvgIpc) is 2.91. The van der Waals surface area contributed by atoms with E-state index < -0.39 is 24.1 Å². The van der Waals surface area contributed by atoms with Gasteiger partial charge in [-0.2, -0.15) is 0 Å². The highest BCUT2D eigenvalue weighted by Crippen LogP contribution is 2.44. The van der Waals surface area contributed by atoms with Gasteiger partial charge in [0.1, 0.15) is 17.6 Å². The number of rotatable bonds is 1. The molecule has 2 aliphatic heterocycles. The predicted octanol–water partition coefficient (Wildman–Crippen LogP) is 2.33. The van der Waals surface area contributed by atoms with Crippen LogP contribution in [0.3, 0.4) is 0 Å². The van der Waals surface area contributed by atoms with Crippen molar-refractivity contribution in [2.75, 3.05) is 0 Å². The van der Waals surface area contributed by atoms with Crippen LogP contribution < -0.4 is 4.74 Å². The number of carboxylic acid groups (broad SMARTS) is 1. The highest BCUT2D eigenvalue weighted by Gasteiger charge is 2.47. The van der Waals surface area contributed by atoms with Crippen molar-refractivity contribution in [2.24, 2.45) is 5.92 Å². The average molecular weight is 298 g/mol. The Morgan fingerprint density at radius 1 is 1.27 bits per heavy atom. The summed E-state index contributed by atoms with van der Waals surface area (Å²) in [6.07, 6.45) is 0.662. The van der Waals surface area contributed by atoms with Gasteiger partial charge < -0.3 is 14.6 Å². The minimum atomic E-state index is -1.00. The molecule has 0 fully saturated rings. The van der Waals surface area contributed by atoms with Gasteiger partial charge in [0.15, 0.2) is 11.9 Å². The zero-order chi connectivity index (χ0) is 15.4. The number of aliphatic carboxylic acids is 1. The Morgan fingerprint density at radius 3 is 2.82 bits per heavy atom. The molecule has 22 heavy (non-hydrogen) atoms. The van der Waals surface area contributed by atoms with E-state index in [0.717, 1.165) is 11.1 Å². The molecule has 0 saturated carbocycles. The molecule has 1 N–H and O–H groups in total. The van der Waals surface area contributed by atoms with Crippen LogP contribution in [0.25, 0.3) is 0 Å². The predicted molar refractivity (Wildman–Crippen MR) is 76.6 cm³/mol. The molecule has 2 heterocycles. The number of para-hydroxylation sites is 1. The van der Waals surface area contributed by atoms with Crippen LogP contribution >= 0.6 is 0 Å². The molecule has 0 radical (unpaired) electrons. The molecule has 1 aliphatic carbocycles. The van der Waals surface area contributed by atoms with E-state index in [1.54, 1.807) is 18.2 Å². The molecule has 5 heteroatoms. The van der Waals surface area contributed by atoms with E-state index >= 15 is 0 Å². The molecule has 5 nitrogen and oxygen atoms in total. The fraction of sp³-hybridized carbons (Fsp3) is 0.294. The molecule has 1 aromatic rings. The summed E-state index contributed by atoms with van der Waals surface area (Å²) in [6, 6.07) is 7.16. The lowest BCUT2D eigenvalue weighted by atomic mass is 9.77. The van der Waals surface area contributed by atoms with Crippen molar-refractivity contribution in [1.29, 1.82) is 0 Å². The molecule has 1 aromatic carbocycles. The molecule has 4 rings (SSSR count). The standard InChI is InChI=1S/C17H14O5/c1-8-6-12-10(7-13(21-12)17(19)20)16-14(8)15(18)9-4-2-3-5-11(9)22-16/h2-6,13-14,16H,7H2,1H3,(H,19,20). The minimum absolute atomic E-state index is 0.0194. The van der Waals surface area contributed by atoms with Crippen molar-refractivity contribution in [3.05, 3.63) is 52.8 Å². The van der Waals surface area contributed by atoms with Crippen LogP contribution in [0.1, 0.15) is 23.7 Å². The van der Waals surface area contributed by atoms with Gasteiger partial charge in [-0.15, -0.1) is 0 Å². The van der Waals surface area contributed by atoms with Gasteiger partial charge in [0.05, 0.1) is 11.5 Å². The Hall–Kier alpha value is -2.56. The monoisotopic (exact) mass is 298 g/mol. The number of hydrogen-bond acceptors (Lipinski definition) is 4. The van der Waals surface area contributed by atoms with Crippen molar-refractivity contribution in [2.45, 2.75) is 25.6 Å². The molecular weight excluding hydrogens is 284 g/mol. The third kappa shape index (κ3) is 1.71. The Kier molecular flexibility index (Phi) is 2.66. The summed E-state index contributed by atoms with van der Waals surface area (Å²) in [5.41, 5.74) is 2.19. The number of benzene rings is 1. The smallest absolute Gasteiger partial charge is 0.345 e. The molecular formula is C17H14O5. The number of ether oxygens (including phenoxy) is 2. The van der Waals surface area contributed by atoms with E-state index in [0.29, 0.717) is 17.1 Å². The molecule has 0 aromatic heterocycles. The summed E-state index contributed by atoms with van der Waals surface area (Å²) < 4.78 is 11.5. The molecule has 0 spiro atoms. The zero-order valence-corrected chi connectivity index (χ0v) is 11.9. The lowest BCUT2D eigenvalue weighted by molar-refractivity contribution is -0.146. The second-order valence-corrected chi connectivity index (χ2v) is 5.80. The lowest BCUT2D eigenvalue weighted by Gasteiger charge is -2.35. The van der Waals surface area contributed by atoms with Gasteiger partial charge in [-0.1, -0.05) is 17.7 Å². The van der Waals surface area contributed by atoms with Crippen molar-refractivity contribution >= 4 is 11.8 Å². The third-order valence-corrected chi connectivity index (χ3v) is 4.45. The first-order valence-corrected chi connectivity index (χ1v) is 7.17. The van der Waals surface area contributed by atoms with E-state index in [4.69, 9.17) is 14.6 Å². The molecule has 112 valence electrons. The largest absolute Gasteiger partial charge is 0.484 e. The van der Waals surface area contributed by atoms with E-state index in [2.05, 4.69) is 0 Å². The number of fused-ring (bicyclic) bond motifs is 3. The number of allylic oxidation sites excluding steroid dienone is 1. The van der Waals surface area contributed by atoms with Gasteiger partial charge in [0, 0.05) is 12.0 Å². The minimum Gasteiger partial charge on any atom is -0.484 e. The van der Waals surface area contributed by atoms with E-state index in [9.17, 15) is 9.59 Å². The van der Waals surface area contributed by atoms with E-state index in [1.165, 1.54) is 0 Å². The highest BCUT2D eigenvalue weighted by molar-refractivity contribution is 6.03. The summed E-state index contributed by atoms with van der Waals surface area (Å²) in [5, 5.41) is 9.15. The third-order valence-electron chi connectivity index (χ3n) is 4.45. The Bertz CT molecular complexity index is 758. The van der Waals surface area contributed by atoms with Crippen LogP contribution in [0.4, 0.5) is 0 Å². The summed E-state index contributed by atoms with van der Waals surface area (Å²) in [7, 11) is 0. The molecule has 3 aliphatic rings. The number of carbonyl (C=O) groups excluding carboxylic acids is 1. The maximum Gasteiger partial charge on any atom is 0.345 e. The second-order valence-electron chi connectivity index (χ2n) is 5.80. The normalized spacial score (nSPS) is 28.9. The summed E-state index contributed by atoms with van der Waals surface area (Å²) in [6.45, 7) is 1.86. The van der Waals surface area contributed by atoms with Crippen molar-refractivity contribution in [3.63, 3.8) is 0 Å². The lowest BCUT2D eigenvalue weighted by Crippen LogP contribution is -2.41. The van der Waals surface area contributed by atoms with Gasteiger partial charge in [0.25, 0.3) is 0 Å². The topological polar surface area (TPSA) is 72.8 Å². The van der Waals surface area contributed by atoms with Crippen molar-refractivity contribution in [3.8, 4) is 5.75 Å². The zero-order valence-electron chi connectivity index (χ0n) is 11.9. The maximum atomic E-state index is 12.8. The first-order chi connectivity index (χ1) is 10.6. The Labute approximate surface area is 126 Å². The first-order valence-electron chi connectivity index (χ1n) is 7.17. The fourth-order valence-electron chi connectivity index (χ4n) is 3.39. The van der Waals surface area contributed by atoms with Gasteiger partial charge in [0.2, 0.25) is 0 Å². The highest BCUT2D eigenvalue weighted by atomic mass is 16.5. The first kappa shape index (κ1) is 13.1. The van der Waals surface area contributed by atoms with Crippen LogP contribution in [0.5, 0.6) is 5.75 Å². The van der Waals surface area contributed by atoms with Crippen molar-refractivity contribution < 1.29 is 24.2 Å². The molecule has 0 saturated heterocycles. The number of carbonyl (C=O) groups is 2. The van der Waals surface area contributed by atoms with Crippen LogP contribution in [-0.4, -0.2) is 29.1 Å². The van der Waals surface area contributed by atoms with E-state index in [-0.39, 0.29) is 12.2 Å². The summed E-state index contributed by atoms with van der Waals surface area (Å²) >= 11 is 0. The Balaban J connectivity index is 1.78. The number of Topliss-reactive ketones (excluding diaryl/α,β-unsaturated/α-hetero) is 1. The van der Waals surface area contributed by atoms with Crippen LogP contribution in [0.15, 0.2) is 47.2 Å². The second kappa shape index (κ2) is 4.47. The van der Waals surface area contributed by atoms with Gasteiger partial charge in [-0.05, 0) is 25.1 Å². The molecule has 0 bridgehead atoms. The van der Waals surface area contributed by atoms with Gasteiger partial charge in [-0.25, -0.2) is 4.79 Å². The van der Waals surface area contributed by atoms with Gasteiger partial charge in [-0.3, -0.25) is 4.79 Å². The molecule has 3 unspecified atom stereocenters. The van der Waals surface area contributed by atoms with Crippen molar-refractivity contribution in [1.82, 2.24) is 0 Å². The SMILES string of the molecule is CC1=CC2=C(CC(C(=O)O)O2)C2Oc3ccccc3C(=O)C12. The molecule has 3 atom stereocenters. The van der Waals surface area contributed by atoms with Crippen LogP contribution in [0.2, 0.25) is 0 Å². The van der Waals surface area contributed by atoms with Gasteiger partial charge >= 0.3 is 5.97 Å². The number of carboxylic acids is 1. The quantitative estimate of drug-likeness (QED) is 0.861. The number of hydrogen-bond donors (Lipinski definition) is 1. The van der Waals surface area contributed by atoms with Crippen LogP contribution in [0, 0.1) is 5.92 Å². The summed E-state index contributed by atoms with van der Waals surface area (Å²) in [5.74, 6) is -0.289. The summed E-state index contributed by atoms with van der Waals surface area (Å²) in [4.78, 5) is 23.9. The van der Waals surface area contributed by atoms with Crippen LogP contribution in [-0.2, 0) is 9.53 Å². The Morgan fingerprint density at radius 2 is 2.05 bits per heavy atom.